The van der Waals surface area contributed by atoms with Crippen LogP contribution in [-0.4, -0.2) is 52.9 Å². The SMILES string of the molecule is CC(=O)N1CCN(c2ncc(C(=O)Nc3cccc(C#N)c3)cn2)CC1. The Morgan fingerprint density at radius 1 is 1.15 bits per heavy atom. The fourth-order valence-corrected chi connectivity index (χ4v) is 2.69. The first kappa shape index (κ1) is 17.4. The number of rotatable bonds is 3. The molecule has 2 aromatic rings. The van der Waals surface area contributed by atoms with Crippen LogP contribution in [0.4, 0.5) is 11.6 Å². The first-order chi connectivity index (χ1) is 12.6. The third kappa shape index (κ3) is 3.95. The molecular weight excluding hydrogens is 332 g/mol. The second kappa shape index (κ2) is 7.61. The summed E-state index contributed by atoms with van der Waals surface area (Å²) in [6, 6.07) is 8.71. The molecule has 26 heavy (non-hydrogen) atoms. The van der Waals surface area contributed by atoms with Crippen molar-refractivity contribution in [3.05, 3.63) is 47.8 Å². The highest BCUT2D eigenvalue weighted by Gasteiger charge is 2.20. The molecule has 2 amide bonds. The molecule has 1 N–H and O–H groups in total. The van der Waals surface area contributed by atoms with Gasteiger partial charge in [-0.3, -0.25) is 9.59 Å². The summed E-state index contributed by atoms with van der Waals surface area (Å²) in [5.41, 5.74) is 1.34. The Bertz CT molecular complexity index is 851. The van der Waals surface area contributed by atoms with E-state index >= 15 is 0 Å². The van der Waals surface area contributed by atoms with Gasteiger partial charge in [-0.15, -0.1) is 0 Å². The van der Waals surface area contributed by atoms with Gasteiger partial charge in [0.05, 0.1) is 17.2 Å². The number of benzene rings is 1. The summed E-state index contributed by atoms with van der Waals surface area (Å²) < 4.78 is 0. The van der Waals surface area contributed by atoms with Crippen LogP contribution in [0.5, 0.6) is 0 Å². The number of piperazine rings is 1. The van der Waals surface area contributed by atoms with Crippen LogP contribution in [0.1, 0.15) is 22.8 Å². The molecule has 1 saturated heterocycles. The quantitative estimate of drug-likeness (QED) is 0.894. The fourth-order valence-electron chi connectivity index (χ4n) is 2.69. The largest absolute Gasteiger partial charge is 0.339 e. The number of hydrogen-bond donors (Lipinski definition) is 1. The van der Waals surface area contributed by atoms with Crippen molar-refractivity contribution in [3.63, 3.8) is 0 Å². The molecule has 1 aromatic carbocycles. The number of anilines is 2. The van der Waals surface area contributed by atoms with E-state index in [4.69, 9.17) is 5.26 Å². The Labute approximate surface area is 151 Å². The molecule has 0 bridgehead atoms. The van der Waals surface area contributed by atoms with Crippen molar-refractivity contribution in [2.75, 3.05) is 36.4 Å². The third-order valence-corrected chi connectivity index (χ3v) is 4.16. The summed E-state index contributed by atoms with van der Waals surface area (Å²) in [6.07, 6.45) is 2.95. The average Bonchev–Trinajstić information content (AvgIpc) is 2.68. The molecule has 1 aromatic heterocycles. The van der Waals surface area contributed by atoms with Gasteiger partial charge in [-0.2, -0.15) is 5.26 Å². The molecule has 8 heteroatoms. The van der Waals surface area contributed by atoms with Crippen LogP contribution in [0.25, 0.3) is 0 Å². The number of hydrogen-bond acceptors (Lipinski definition) is 6. The van der Waals surface area contributed by atoms with Gasteiger partial charge in [0.1, 0.15) is 0 Å². The summed E-state index contributed by atoms with van der Waals surface area (Å²) in [6.45, 7) is 4.15. The van der Waals surface area contributed by atoms with Crippen molar-refractivity contribution in [1.82, 2.24) is 14.9 Å². The van der Waals surface area contributed by atoms with Gasteiger partial charge in [0.15, 0.2) is 0 Å². The zero-order chi connectivity index (χ0) is 18.5. The standard InChI is InChI=1S/C18H18N6O2/c1-13(25)23-5-7-24(8-6-23)18-20-11-15(12-21-18)17(26)22-16-4-2-3-14(9-16)10-19/h2-4,9,11-12H,5-8H2,1H3,(H,22,26). The van der Waals surface area contributed by atoms with Crippen LogP contribution in [0.15, 0.2) is 36.7 Å². The molecule has 1 fully saturated rings. The van der Waals surface area contributed by atoms with Crippen LogP contribution in [0.2, 0.25) is 0 Å². The summed E-state index contributed by atoms with van der Waals surface area (Å²) in [5.74, 6) is 0.266. The number of nitrogens with zero attached hydrogens (tertiary/aromatic N) is 5. The lowest BCUT2D eigenvalue weighted by molar-refractivity contribution is -0.129. The average molecular weight is 350 g/mol. The molecule has 0 saturated carbocycles. The molecule has 8 nitrogen and oxygen atoms in total. The Morgan fingerprint density at radius 3 is 2.46 bits per heavy atom. The highest BCUT2D eigenvalue weighted by Crippen LogP contribution is 2.14. The minimum absolute atomic E-state index is 0.0676. The fraction of sp³-hybridized carbons (Fsp3) is 0.278. The van der Waals surface area contributed by atoms with Crippen LogP contribution < -0.4 is 10.2 Å². The number of aromatic nitrogens is 2. The third-order valence-electron chi connectivity index (χ3n) is 4.16. The smallest absolute Gasteiger partial charge is 0.258 e. The highest BCUT2D eigenvalue weighted by molar-refractivity contribution is 6.03. The predicted molar refractivity (Wildman–Crippen MR) is 95.6 cm³/mol. The summed E-state index contributed by atoms with van der Waals surface area (Å²) in [7, 11) is 0. The van der Waals surface area contributed by atoms with E-state index in [-0.39, 0.29) is 11.8 Å². The Morgan fingerprint density at radius 2 is 1.85 bits per heavy atom. The number of amides is 2. The van der Waals surface area contributed by atoms with E-state index in [1.165, 1.54) is 12.4 Å². The van der Waals surface area contributed by atoms with E-state index in [2.05, 4.69) is 15.3 Å². The predicted octanol–water partition coefficient (Wildman–Crippen LogP) is 1.27. The maximum Gasteiger partial charge on any atom is 0.258 e. The number of carbonyl (C=O) groups is 2. The molecule has 3 rings (SSSR count). The van der Waals surface area contributed by atoms with E-state index in [0.29, 0.717) is 48.9 Å². The van der Waals surface area contributed by atoms with Crippen molar-refractivity contribution in [2.45, 2.75) is 6.92 Å². The molecule has 2 heterocycles. The summed E-state index contributed by atoms with van der Waals surface area (Å²) >= 11 is 0. The molecular formula is C18H18N6O2. The van der Waals surface area contributed by atoms with E-state index in [1.54, 1.807) is 36.1 Å². The Kier molecular flexibility index (Phi) is 5.08. The lowest BCUT2D eigenvalue weighted by atomic mass is 10.2. The Hall–Kier alpha value is -3.47. The van der Waals surface area contributed by atoms with Crippen LogP contribution in [-0.2, 0) is 4.79 Å². The maximum absolute atomic E-state index is 12.3. The molecule has 1 aliphatic rings. The van der Waals surface area contributed by atoms with Gasteiger partial charge < -0.3 is 15.1 Å². The van der Waals surface area contributed by atoms with Gasteiger partial charge in [0, 0.05) is 51.2 Å². The van der Waals surface area contributed by atoms with E-state index in [0.717, 1.165) is 0 Å². The van der Waals surface area contributed by atoms with Crippen molar-refractivity contribution < 1.29 is 9.59 Å². The normalized spacial score (nSPS) is 13.8. The molecule has 1 aliphatic heterocycles. The van der Waals surface area contributed by atoms with Crippen LogP contribution >= 0.6 is 0 Å². The van der Waals surface area contributed by atoms with Gasteiger partial charge in [-0.05, 0) is 18.2 Å². The minimum Gasteiger partial charge on any atom is -0.339 e. The molecule has 0 unspecified atom stereocenters. The van der Waals surface area contributed by atoms with Crippen LogP contribution in [0, 0.1) is 11.3 Å². The number of carbonyl (C=O) groups excluding carboxylic acids is 2. The van der Waals surface area contributed by atoms with Gasteiger partial charge in [-0.1, -0.05) is 6.07 Å². The molecule has 132 valence electrons. The van der Waals surface area contributed by atoms with Crippen molar-refractivity contribution in [2.24, 2.45) is 0 Å². The molecule has 0 atom stereocenters. The lowest BCUT2D eigenvalue weighted by Crippen LogP contribution is -2.48. The van der Waals surface area contributed by atoms with Crippen molar-refractivity contribution in [3.8, 4) is 6.07 Å². The number of nitriles is 1. The van der Waals surface area contributed by atoms with Gasteiger partial charge >= 0.3 is 0 Å². The zero-order valence-corrected chi connectivity index (χ0v) is 14.3. The lowest BCUT2D eigenvalue weighted by Gasteiger charge is -2.34. The van der Waals surface area contributed by atoms with Crippen molar-refractivity contribution in [1.29, 1.82) is 5.26 Å². The van der Waals surface area contributed by atoms with E-state index in [1.807, 2.05) is 11.0 Å². The van der Waals surface area contributed by atoms with E-state index in [9.17, 15) is 9.59 Å². The maximum atomic E-state index is 12.3. The zero-order valence-electron chi connectivity index (χ0n) is 14.3. The first-order valence-corrected chi connectivity index (χ1v) is 8.21. The summed E-state index contributed by atoms with van der Waals surface area (Å²) in [4.78, 5) is 36.0. The van der Waals surface area contributed by atoms with Gasteiger partial charge in [-0.25, -0.2) is 9.97 Å². The van der Waals surface area contributed by atoms with Crippen molar-refractivity contribution >= 4 is 23.5 Å². The number of nitrogens with one attached hydrogen (secondary N) is 1. The molecule has 0 radical (unpaired) electrons. The molecule has 0 spiro atoms. The first-order valence-electron chi connectivity index (χ1n) is 8.21. The van der Waals surface area contributed by atoms with Gasteiger partial charge in [0.25, 0.3) is 5.91 Å². The topological polar surface area (TPSA) is 102 Å². The monoisotopic (exact) mass is 350 g/mol. The highest BCUT2D eigenvalue weighted by atomic mass is 16.2. The molecule has 0 aliphatic carbocycles. The van der Waals surface area contributed by atoms with E-state index < -0.39 is 0 Å². The minimum atomic E-state index is -0.340. The second-order valence-corrected chi connectivity index (χ2v) is 5.91. The van der Waals surface area contributed by atoms with Gasteiger partial charge in [0.2, 0.25) is 11.9 Å². The summed E-state index contributed by atoms with van der Waals surface area (Å²) in [5, 5.41) is 11.6. The Balaban J connectivity index is 1.63. The van der Waals surface area contributed by atoms with Crippen LogP contribution in [0.3, 0.4) is 0 Å². The second-order valence-electron chi connectivity index (χ2n) is 5.91.